The molecule has 2 nitrogen and oxygen atoms in total. The molecule has 0 bridgehead atoms. The first kappa shape index (κ1) is 14.0. The van der Waals surface area contributed by atoms with Crippen molar-refractivity contribution in [2.75, 3.05) is 19.8 Å². The Bertz CT molecular complexity index is 181. The molecule has 1 unspecified atom stereocenters. The van der Waals surface area contributed by atoms with E-state index in [0.717, 1.165) is 25.7 Å². The number of nitrogens with one attached hydrogen (secondary N) is 1. The molecule has 0 spiro atoms. The van der Waals surface area contributed by atoms with E-state index in [0.29, 0.717) is 11.5 Å². The molecular weight excluding hydrogens is 198 g/mol. The molecule has 1 atom stereocenters. The van der Waals surface area contributed by atoms with Gasteiger partial charge in [0.05, 0.1) is 6.61 Å². The first-order valence-corrected chi connectivity index (χ1v) is 6.93. The van der Waals surface area contributed by atoms with Crippen LogP contribution in [0.4, 0.5) is 0 Å². The van der Waals surface area contributed by atoms with Gasteiger partial charge in [-0.2, -0.15) is 0 Å². The van der Waals surface area contributed by atoms with Crippen molar-refractivity contribution < 1.29 is 4.74 Å². The Labute approximate surface area is 101 Å². The molecule has 1 N–H and O–H groups in total. The highest BCUT2D eigenvalue weighted by Gasteiger charge is 2.36. The summed E-state index contributed by atoms with van der Waals surface area (Å²) in [5.74, 6) is 0.871. The van der Waals surface area contributed by atoms with Crippen LogP contribution in [0, 0.1) is 11.3 Å². The maximum Gasteiger partial charge on any atom is 0.0535 e. The van der Waals surface area contributed by atoms with Gasteiger partial charge in [-0.3, -0.25) is 0 Å². The van der Waals surface area contributed by atoms with E-state index in [4.69, 9.17) is 4.74 Å². The van der Waals surface area contributed by atoms with E-state index in [1.54, 1.807) is 0 Å². The van der Waals surface area contributed by atoms with Crippen molar-refractivity contribution >= 4 is 0 Å². The first-order valence-electron chi connectivity index (χ1n) is 6.93. The standard InChI is InChI=1S/C14H29NO/c1-5-13(6-2)9-14(7-8-16-11-14)10-15-12(3)4/h12-13,15H,5-11H2,1-4H3. The van der Waals surface area contributed by atoms with Gasteiger partial charge in [0, 0.05) is 24.6 Å². The highest BCUT2D eigenvalue weighted by atomic mass is 16.5. The average Bonchev–Trinajstić information content (AvgIpc) is 2.72. The maximum atomic E-state index is 5.64. The summed E-state index contributed by atoms with van der Waals surface area (Å²) in [6.45, 7) is 12.1. The Hall–Kier alpha value is -0.0800. The van der Waals surface area contributed by atoms with Crippen LogP contribution in [-0.4, -0.2) is 25.8 Å². The summed E-state index contributed by atoms with van der Waals surface area (Å²) >= 11 is 0. The molecule has 1 saturated heterocycles. The van der Waals surface area contributed by atoms with Gasteiger partial charge in [0.2, 0.25) is 0 Å². The predicted octanol–water partition coefficient (Wildman–Crippen LogP) is 3.22. The van der Waals surface area contributed by atoms with Crippen LogP contribution in [0.2, 0.25) is 0 Å². The Kier molecular flexibility index (Phi) is 5.77. The smallest absolute Gasteiger partial charge is 0.0535 e. The zero-order valence-electron chi connectivity index (χ0n) is 11.5. The van der Waals surface area contributed by atoms with Crippen molar-refractivity contribution in [2.45, 2.75) is 59.4 Å². The molecule has 1 fully saturated rings. The van der Waals surface area contributed by atoms with Crippen molar-refractivity contribution in [1.82, 2.24) is 5.32 Å². The van der Waals surface area contributed by atoms with Gasteiger partial charge in [0.15, 0.2) is 0 Å². The second-order valence-electron chi connectivity index (χ2n) is 5.72. The topological polar surface area (TPSA) is 21.3 Å². The molecule has 0 aliphatic carbocycles. The molecule has 2 heteroatoms. The van der Waals surface area contributed by atoms with Crippen LogP contribution in [0.5, 0.6) is 0 Å². The van der Waals surface area contributed by atoms with Crippen molar-refractivity contribution in [3.8, 4) is 0 Å². The van der Waals surface area contributed by atoms with Crippen molar-refractivity contribution in [2.24, 2.45) is 11.3 Å². The molecule has 1 aliphatic heterocycles. The minimum atomic E-state index is 0.418. The summed E-state index contributed by atoms with van der Waals surface area (Å²) in [5, 5.41) is 3.60. The van der Waals surface area contributed by atoms with Crippen LogP contribution < -0.4 is 5.32 Å². The molecule has 0 radical (unpaired) electrons. The van der Waals surface area contributed by atoms with Gasteiger partial charge in [-0.1, -0.05) is 40.5 Å². The number of hydrogen-bond acceptors (Lipinski definition) is 2. The van der Waals surface area contributed by atoms with E-state index in [-0.39, 0.29) is 0 Å². The fourth-order valence-corrected chi connectivity index (χ4v) is 2.63. The fraction of sp³-hybridized carbons (Fsp3) is 1.00. The lowest BCUT2D eigenvalue weighted by molar-refractivity contribution is 0.127. The Morgan fingerprint density at radius 3 is 2.38 bits per heavy atom. The summed E-state index contributed by atoms with van der Waals surface area (Å²) in [7, 11) is 0. The van der Waals surface area contributed by atoms with Gasteiger partial charge in [0.1, 0.15) is 0 Å². The summed E-state index contributed by atoms with van der Waals surface area (Å²) in [6, 6.07) is 0.583. The monoisotopic (exact) mass is 227 g/mol. The first-order chi connectivity index (χ1) is 7.62. The van der Waals surface area contributed by atoms with Crippen LogP contribution in [0.1, 0.15) is 53.4 Å². The van der Waals surface area contributed by atoms with Gasteiger partial charge >= 0.3 is 0 Å². The molecule has 0 amide bonds. The predicted molar refractivity (Wildman–Crippen MR) is 69.7 cm³/mol. The lowest BCUT2D eigenvalue weighted by Crippen LogP contribution is -2.39. The van der Waals surface area contributed by atoms with Crippen molar-refractivity contribution in [1.29, 1.82) is 0 Å². The minimum absolute atomic E-state index is 0.418. The quantitative estimate of drug-likeness (QED) is 0.721. The molecule has 96 valence electrons. The molecule has 16 heavy (non-hydrogen) atoms. The SMILES string of the molecule is CCC(CC)CC1(CNC(C)C)CCOC1. The van der Waals surface area contributed by atoms with Gasteiger partial charge in [-0.15, -0.1) is 0 Å². The molecule has 0 aromatic rings. The van der Waals surface area contributed by atoms with Crippen LogP contribution in [0.3, 0.4) is 0 Å². The van der Waals surface area contributed by atoms with Gasteiger partial charge < -0.3 is 10.1 Å². The van der Waals surface area contributed by atoms with Crippen LogP contribution in [0.25, 0.3) is 0 Å². The van der Waals surface area contributed by atoms with E-state index in [1.165, 1.54) is 25.7 Å². The molecule has 0 saturated carbocycles. The lowest BCUT2D eigenvalue weighted by Gasteiger charge is -2.32. The Morgan fingerprint density at radius 1 is 1.25 bits per heavy atom. The number of hydrogen-bond donors (Lipinski definition) is 1. The molecule has 1 aliphatic rings. The summed E-state index contributed by atoms with van der Waals surface area (Å²) in [4.78, 5) is 0. The third-order valence-electron chi connectivity index (χ3n) is 3.95. The fourth-order valence-electron chi connectivity index (χ4n) is 2.63. The maximum absolute atomic E-state index is 5.64. The normalized spacial score (nSPS) is 25.9. The second-order valence-corrected chi connectivity index (χ2v) is 5.72. The largest absolute Gasteiger partial charge is 0.381 e. The van der Waals surface area contributed by atoms with E-state index < -0.39 is 0 Å². The van der Waals surface area contributed by atoms with E-state index in [9.17, 15) is 0 Å². The summed E-state index contributed by atoms with van der Waals surface area (Å²) < 4.78 is 5.64. The average molecular weight is 227 g/mol. The summed E-state index contributed by atoms with van der Waals surface area (Å²) in [5.41, 5.74) is 0.418. The second kappa shape index (κ2) is 6.61. The Balaban J connectivity index is 2.50. The highest BCUT2D eigenvalue weighted by molar-refractivity contribution is 4.87. The van der Waals surface area contributed by atoms with Gasteiger partial charge in [-0.05, 0) is 18.8 Å². The molecule has 0 aromatic heterocycles. The van der Waals surface area contributed by atoms with Crippen LogP contribution in [-0.2, 0) is 4.74 Å². The van der Waals surface area contributed by atoms with Crippen LogP contribution >= 0.6 is 0 Å². The van der Waals surface area contributed by atoms with Gasteiger partial charge in [0.25, 0.3) is 0 Å². The lowest BCUT2D eigenvalue weighted by atomic mass is 9.76. The summed E-state index contributed by atoms with van der Waals surface area (Å²) in [6.07, 6.45) is 5.18. The Morgan fingerprint density at radius 2 is 1.94 bits per heavy atom. The molecule has 1 rings (SSSR count). The third kappa shape index (κ3) is 4.06. The minimum Gasteiger partial charge on any atom is -0.381 e. The zero-order chi connectivity index (χ0) is 12.0. The molecule has 1 heterocycles. The van der Waals surface area contributed by atoms with E-state index >= 15 is 0 Å². The molecule has 0 aromatic carbocycles. The zero-order valence-corrected chi connectivity index (χ0v) is 11.5. The highest BCUT2D eigenvalue weighted by Crippen LogP contribution is 2.36. The van der Waals surface area contributed by atoms with Crippen LogP contribution in [0.15, 0.2) is 0 Å². The van der Waals surface area contributed by atoms with Gasteiger partial charge in [-0.25, -0.2) is 0 Å². The number of ether oxygens (including phenoxy) is 1. The van der Waals surface area contributed by atoms with Crippen molar-refractivity contribution in [3.63, 3.8) is 0 Å². The third-order valence-corrected chi connectivity index (χ3v) is 3.95. The molecular formula is C14H29NO. The van der Waals surface area contributed by atoms with E-state index in [2.05, 4.69) is 33.0 Å². The van der Waals surface area contributed by atoms with E-state index in [1.807, 2.05) is 0 Å². The number of rotatable bonds is 7. The van der Waals surface area contributed by atoms with Crippen molar-refractivity contribution in [3.05, 3.63) is 0 Å².